The lowest BCUT2D eigenvalue weighted by atomic mass is 9.87. The molecule has 1 amide bonds. The highest BCUT2D eigenvalue weighted by molar-refractivity contribution is 5.95. The van der Waals surface area contributed by atoms with Crippen LogP contribution in [0, 0.1) is 6.92 Å². The van der Waals surface area contributed by atoms with Gasteiger partial charge in [-0.2, -0.15) is 0 Å². The second-order valence-corrected chi connectivity index (χ2v) is 7.13. The number of piperidine rings is 1. The van der Waals surface area contributed by atoms with E-state index in [4.69, 9.17) is 13.9 Å². The van der Waals surface area contributed by atoms with Crippen LogP contribution in [0.4, 0.5) is 0 Å². The van der Waals surface area contributed by atoms with E-state index in [0.29, 0.717) is 37.6 Å². The molecule has 0 aromatic carbocycles. The highest BCUT2D eigenvalue weighted by Crippen LogP contribution is 2.37. The summed E-state index contributed by atoms with van der Waals surface area (Å²) in [6.07, 6.45) is 6.01. The van der Waals surface area contributed by atoms with Crippen molar-refractivity contribution in [1.82, 2.24) is 9.88 Å². The van der Waals surface area contributed by atoms with Crippen LogP contribution in [0.5, 0.6) is 0 Å². The average Bonchev–Trinajstić information content (AvgIpc) is 3.27. The van der Waals surface area contributed by atoms with E-state index in [1.54, 1.807) is 18.5 Å². The van der Waals surface area contributed by atoms with Crippen molar-refractivity contribution in [1.29, 1.82) is 0 Å². The molecule has 2 saturated heterocycles. The molecule has 1 unspecified atom stereocenters. The number of carbonyl (C=O) groups is 1. The number of hydrogen-bond donors (Lipinski definition) is 0. The summed E-state index contributed by atoms with van der Waals surface area (Å²) in [5.74, 6) is 0.724. The van der Waals surface area contributed by atoms with Crippen LogP contribution >= 0.6 is 0 Å². The molecule has 1 atom stereocenters. The van der Waals surface area contributed by atoms with E-state index in [2.05, 4.69) is 4.98 Å². The Kier molecular flexibility index (Phi) is 4.78. The lowest BCUT2D eigenvalue weighted by Crippen LogP contribution is -2.46. The third kappa shape index (κ3) is 3.52. The number of nitrogens with zero attached hydrogens (tertiary/aromatic N) is 2. The van der Waals surface area contributed by atoms with Gasteiger partial charge in [-0.3, -0.25) is 9.78 Å². The zero-order valence-corrected chi connectivity index (χ0v) is 15.0. The van der Waals surface area contributed by atoms with Crippen molar-refractivity contribution in [3.63, 3.8) is 0 Å². The van der Waals surface area contributed by atoms with Crippen LogP contribution in [0.1, 0.15) is 41.1 Å². The highest BCUT2D eigenvalue weighted by atomic mass is 16.6. The second kappa shape index (κ2) is 7.21. The maximum absolute atomic E-state index is 12.6. The van der Waals surface area contributed by atoms with Gasteiger partial charge in [-0.1, -0.05) is 6.07 Å². The summed E-state index contributed by atoms with van der Waals surface area (Å²) in [7, 11) is 0. The van der Waals surface area contributed by atoms with E-state index >= 15 is 0 Å². The maximum atomic E-state index is 12.6. The van der Waals surface area contributed by atoms with Gasteiger partial charge in [-0.05, 0) is 38.0 Å². The Bertz CT molecular complexity index is 750. The van der Waals surface area contributed by atoms with Gasteiger partial charge in [-0.25, -0.2) is 0 Å². The number of likely N-dealkylation sites (tertiary alicyclic amines) is 1. The zero-order chi connectivity index (χ0) is 18.0. The van der Waals surface area contributed by atoms with E-state index in [0.717, 1.165) is 25.0 Å². The first kappa shape index (κ1) is 17.2. The molecule has 0 N–H and O–H groups in total. The Hall–Kier alpha value is -2.18. The minimum Gasteiger partial charge on any atom is -0.469 e. The molecule has 0 aliphatic carbocycles. The Morgan fingerprint density at radius 2 is 2.19 bits per heavy atom. The van der Waals surface area contributed by atoms with Crippen molar-refractivity contribution < 1.29 is 18.7 Å². The third-order valence-electron chi connectivity index (χ3n) is 5.42. The van der Waals surface area contributed by atoms with Gasteiger partial charge in [0.05, 0.1) is 42.4 Å². The summed E-state index contributed by atoms with van der Waals surface area (Å²) in [5, 5.41) is 0. The lowest BCUT2D eigenvalue weighted by Gasteiger charge is -2.38. The molecule has 4 rings (SSSR count). The fourth-order valence-corrected chi connectivity index (χ4v) is 3.84. The maximum Gasteiger partial charge on any atom is 0.257 e. The van der Waals surface area contributed by atoms with Crippen molar-refractivity contribution >= 4 is 5.91 Å². The summed E-state index contributed by atoms with van der Waals surface area (Å²) >= 11 is 0. The van der Waals surface area contributed by atoms with E-state index in [9.17, 15) is 4.79 Å². The van der Waals surface area contributed by atoms with Gasteiger partial charge >= 0.3 is 0 Å². The van der Waals surface area contributed by atoms with Crippen molar-refractivity contribution in [3.8, 4) is 0 Å². The first-order valence-corrected chi connectivity index (χ1v) is 9.14. The van der Waals surface area contributed by atoms with Crippen molar-refractivity contribution in [2.45, 2.75) is 44.5 Å². The number of hydrogen-bond acceptors (Lipinski definition) is 5. The molecule has 2 fully saturated rings. The quantitative estimate of drug-likeness (QED) is 0.843. The molecule has 0 radical (unpaired) electrons. The number of amides is 1. The predicted molar refractivity (Wildman–Crippen MR) is 94.7 cm³/mol. The molecule has 0 saturated carbocycles. The average molecular weight is 356 g/mol. The Balaban J connectivity index is 1.29. The van der Waals surface area contributed by atoms with E-state index < -0.39 is 0 Å². The lowest BCUT2D eigenvalue weighted by molar-refractivity contribution is -0.0413. The van der Waals surface area contributed by atoms with Gasteiger partial charge in [0.25, 0.3) is 5.91 Å². The summed E-state index contributed by atoms with van der Waals surface area (Å²) in [6, 6.07) is 7.58. The van der Waals surface area contributed by atoms with Crippen molar-refractivity contribution in [3.05, 3.63) is 53.7 Å². The van der Waals surface area contributed by atoms with Crippen LogP contribution in [-0.2, 0) is 16.1 Å². The van der Waals surface area contributed by atoms with Gasteiger partial charge in [0, 0.05) is 25.7 Å². The monoisotopic (exact) mass is 356 g/mol. The minimum absolute atomic E-state index is 0.0482. The number of furan rings is 1. The first-order valence-electron chi connectivity index (χ1n) is 9.14. The van der Waals surface area contributed by atoms with Crippen LogP contribution in [0.15, 0.2) is 41.1 Å². The van der Waals surface area contributed by atoms with Crippen LogP contribution in [-0.4, -0.2) is 47.2 Å². The molecule has 6 heteroatoms. The molecule has 4 heterocycles. The molecule has 26 heavy (non-hydrogen) atoms. The van der Waals surface area contributed by atoms with E-state index in [1.165, 1.54) is 0 Å². The number of ether oxygens (including phenoxy) is 2. The topological polar surface area (TPSA) is 64.8 Å². The minimum atomic E-state index is -0.156. The summed E-state index contributed by atoms with van der Waals surface area (Å²) in [5.41, 5.74) is 1.44. The van der Waals surface area contributed by atoms with Gasteiger partial charge in [0.1, 0.15) is 5.76 Å². The molecule has 2 aliphatic rings. The number of pyridine rings is 1. The fraction of sp³-hybridized carbons (Fsp3) is 0.500. The Morgan fingerprint density at radius 3 is 2.88 bits per heavy atom. The third-order valence-corrected chi connectivity index (χ3v) is 5.42. The molecule has 6 nitrogen and oxygen atoms in total. The SMILES string of the molecule is Cc1occc1C(=O)N1CCC2(CC1)CC(OCc1ccccn1)CO2. The number of aromatic nitrogens is 1. The van der Waals surface area contributed by atoms with Gasteiger partial charge < -0.3 is 18.8 Å². The van der Waals surface area contributed by atoms with E-state index in [1.807, 2.05) is 30.0 Å². The molecule has 138 valence electrons. The van der Waals surface area contributed by atoms with Crippen LogP contribution in [0.25, 0.3) is 0 Å². The summed E-state index contributed by atoms with van der Waals surface area (Å²) < 4.78 is 17.4. The molecule has 0 bridgehead atoms. The fourth-order valence-electron chi connectivity index (χ4n) is 3.84. The van der Waals surface area contributed by atoms with E-state index in [-0.39, 0.29) is 17.6 Å². The molecule has 2 aliphatic heterocycles. The van der Waals surface area contributed by atoms with Gasteiger partial charge in [0.15, 0.2) is 0 Å². The van der Waals surface area contributed by atoms with Gasteiger partial charge in [-0.15, -0.1) is 0 Å². The largest absolute Gasteiger partial charge is 0.469 e. The van der Waals surface area contributed by atoms with Crippen LogP contribution in [0.2, 0.25) is 0 Å². The molecular formula is C20H24N2O4. The Morgan fingerprint density at radius 1 is 1.35 bits per heavy atom. The predicted octanol–water partition coefficient (Wildman–Crippen LogP) is 2.96. The van der Waals surface area contributed by atoms with Crippen molar-refractivity contribution in [2.24, 2.45) is 0 Å². The van der Waals surface area contributed by atoms with Crippen molar-refractivity contribution in [2.75, 3.05) is 19.7 Å². The zero-order valence-electron chi connectivity index (χ0n) is 15.0. The first-order chi connectivity index (χ1) is 12.7. The van der Waals surface area contributed by atoms with Crippen LogP contribution in [0.3, 0.4) is 0 Å². The summed E-state index contributed by atoms with van der Waals surface area (Å²) in [4.78, 5) is 18.8. The molecule has 1 spiro atoms. The van der Waals surface area contributed by atoms with Crippen LogP contribution < -0.4 is 0 Å². The molecular weight excluding hydrogens is 332 g/mol. The second-order valence-electron chi connectivity index (χ2n) is 7.13. The normalized spacial score (nSPS) is 22.0. The highest BCUT2D eigenvalue weighted by Gasteiger charge is 2.44. The number of rotatable bonds is 4. The molecule has 2 aromatic rings. The van der Waals surface area contributed by atoms with Gasteiger partial charge in [0.2, 0.25) is 0 Å². The Labute approximate surface area is 153 Å². The smallest absolute Gasteiger partial charge is 0.257 e. The standard InChI is InChI=1S/C20H24N2O4/c1-15-18(5-11-24-15)19(23)22-9-6-20(7-10-22)12-17(14-26-20)25-13-16-4-2-3-8-21-16/h2-5,8,11,17H,6-7,9-10,12-14H2,1H3. The molecule has 2 aromatic heterocycles. The summed E-state index contributed by atoms with van der Waals surface area (Å²) in [6.45, 7) is 4.35. The number of carbonyl (C=O) groups excluding carboxylic acids is 1. The number of aryl methyl sites for hydroxylation is 1.